The van der Waals surface area contributed by atoms with E-state index in [1.165, 1.54) is 19.3 Å². The maximum Gasteiger partial charge on any atom is 0.120 e. The van der Waals surface area contributed by atoms with Crippen molar-refractivity contribution in [3.63, 3.8) is 0 Å². The molecule has 0 aromatic carbocycles. The van der Waals surface area contributed by atoms with Crippen molar-refractivity contribution in [1.29, 1.82) is 0 Å². The van der Waals surface area contributed by atoms with Gasteiger partial charge in [-0.2, -0.15) is 0 Å². The molecule has 1 rings (SSSR count). The Labute approximate surface area is 80.3 Å². The van der Waals surface area contributed by atoms with Crippen LogP contribution < -0.4 is 0 Å². The zero-order valence-corrected chi connectivity index (χ0v) is 8.25. The Kier molecular flexibility index (Phi) is 4.70. The average molecular weight is 182 g/mol. The molecule has 0 saturated heterocycles. The van der Waals surface area contributed by atoms with Gasteiger partial charge in [-0.15, -0.1) is 0 Å². The Morgan fingerprint density at radius 1 is 1.38 bits per heavy atom. The Morgan fingerprint density at radius 3 is 2.69 bits per heavy atom. The van der Waals surface area contributed by atoms with Crippen LogP contribution in [0.1, 0.15) is 39.0 Å². The van der Waals surface area contributed by atoms with Crippen molar-refractivity contribution >= 4 is 0 Å². The van der Waals surface area contributed by atoms with E-state index in [0.717, 1.165) is 12.8 Å². The number of hydrogen-bond acceptors (Lipinski definition) is 2. The molecule has 13 heavy (non-hydrogen) atoms. The molecule has 1 aliphatic rings. The zero-order valence-electron chi connectivity index (χ0n) is 8.25. The molecule has 0 aliphatic heterocycles. The largest absolute Gasteiger partial charge is 0.447 e. The quantitative estimate of drug-likeness (QED) is 0.661. The third-order valence-electron chi connectivity index (χ3n) is 2.52. The molecule has 0 amide bonds. The molecule has 0 radical (unpaired) electrons. The summed E-state index contributed by atoms with van der Waals surface area (Å²) in [5.41, 5.74) is 0. The first-order valence-electron chi connectivity index (χ1n) is 5.15. The van der Waals surface area contributed by atoms with Crippen LogP contribution in [0.3, 0.4) is 0 Å². The molecule has 1 aliphatic carbocycles. The molecule has 0 bridgehead atoms. The van der Waals surface area contributed by atoms with Crippen LogP contribution in [0.15, 0.2) is 0 Å². The summed E-state index contributed by atoms with van der Waals surface area (Å²) in [4.78, 5) is 0. The fraction of sp³-hybridized carbons (Fsp3) is 0.818. The van der Waals surface area contributed by atoms with Gasteiger partial charge in [0.1, 0.15) is 12.2 Å². The lowest BCUT2D eigenvalue weighted by Gasteiger charge is -2.22. The highest BCUT2D eigenvalue weighted by atomic mass is 16.5. The summed E-state index contributed by atoms with van der Waals surface area (Å²) in [5, 5.41) is 9.65. The summed E-state index contributed by atoms with van der Waals surface area (Å²) in [6.07, 6.45) is 8.05. The van der Waals surface area contributed by atoms with Crippen LogP contribution in [0.2, 0.25) is 0 Å². The first kappa shape index (κ1) is 10.4. The molecule has 1 unspecified atom stereocenters. The zero-order chi connectivity index (χ0) is 9.52. The molecule has 1 fully saturated rings. The maximum absolute atomic E-state index is 9.65. The number of rotatable bonds is 2. The molecule has 2 nitrogen and oxygen atoms in total. The number of ether oxygens (including phenoxy) is 1. The second-order valence-corrected chi connectivity index (χ2v) is 3.52. The Morgan fingerprint density at radius 2 is 2.08 bits per heavy atom. The molecule has 0 spiro atoms. The monoisotopic (exact) mass is 182 g/mol. The van der Waals surface area contributed by atoms with Crippen LogP contribution in [0.4, 0.5) is 0 Å². The fourth-order valence-corrected chi connectivity index (χ4v) is 1.74. The Bertz CT molecular complexity index is 184. The van der Waals surface area contributed by atoms with Gasteiger partial charge < -0.3 is 9.84 Å². The van der Waals surface area contributed by atoms with Crippen LogP contribution in [0.5, 0.6) is 0 Å². The summed E-state index contributed by atoms with van der Waals surface area (Å²) in [5.74, 6) is 3.11. The van der Waals surface area contributed by atoms with Gasteiger partial charge in [-0.25, -0.2) is 0 Å². The minimum Gasteiger partial charge on any atom is -0.447 e. The van der Waals surface area contributed by atoms with E-state index in [9.17, 15) is 5.11 Å². The van der Waals surface area contributed by atoms with Crippen LogP contribution in [0, 0.1) is 17.9 Å². The Balaban J connectivity index is 2.29. The second kappa shape index (κ2) is 5.88. The average Bonchev–Trinajstić information content (AvgIpc) is 2.19. The number of hydrogen-bond donors (Lipinski definition) is 1. The minimum absolute atomic E-state index is 0.377. The molecule has 1 saturated carbocycles. The predicted molar refractivity (Wildman–Crippen MR) is 52.0 cm³/mol. The molecule has 74 valence electrons. The van der Waals surface area contributed by atoms with Crippen LogP contribution >= 0.6 is 0 Å². The van der Waals surface area contributed by atoms with Crippen LogP contribution in [-0.4, -0.2) is 17.8 Å². The van der Waals surface area contributed by atoms with E-state index < -0.39 is 6.10 Å². The highest BCUT2D eigenvalue weighted by Gasteiger charge is 2.19. The highest BCUT2D eigenvalue weighted by Crippen LogP contribution is 2.25. The molecular formula is C11H18O2. The van der Waals surface area contributed by atoms with Gasteiger partial charge in [-0.1, -0.05) is 19.3 Å². The standard InChI is InChI=1S/C11H18O2/c1-2-13-9-8-11(12)10-6-4-3-5-7-10/h10-12H,2-7H2,1H3. The molecule has 0 heterocycles. The number of aliphatic hydroxyl groups is 1. The van der Waals surface area contributed by atoms with Gasteiger partial charge in [0.15, 0.2) is 0 Å². The molecular weight excluding hydrogens is 164 g/mol. The minimum atomic E-state index is -0.480. The van der Waals surface area contributed by atoms with Crippen LogP contribution in [-0.2, 0) is 4.74 Å². The summed E-state index contributed by atoms with van der Waals surface area (Å²) in [7, 11) is 0. The van der Waals surface area contributed by atoms with Crippen molar-refractivity contribution in [2.45, 2.75) is 45.1 Å². The van der Waals surface area contributed by atoms with Crippen LogP contribution in [0.25, 0.3) is 0 Å². The number of aliphatic hydroxyl groups excluding tert-OH is 1. The molecule has 2 heteroatoms. The van der Waals surface area contributed by atoms with Gasteiger partial charge >= 0.3 is 0 Å². The molecule has 0 aromatic heterocycles. The third kappa shape index (κ3) is 3.69. The lowest BCUT2D eigenvalue weighted by Crippen LogP contribution is -2.21. The van der Waals surface area contributed by atoms with Gasteiger partial charge in [-0.05, 0) is 31.6 Å². The van der Waals surface area contributed by atoms with Crippen molar-refractivity contribution < 1.29 is 9.84 Å². The van der Waals surface area contributed by atoms with E-state index in [-0.39, 0.29) is 0 Å². The second-order valence-electron chi connectivity index (χ2n) is 3.52. The maximum atomic E-state index is 9.65. The lowest BCUT2D eigenvalue weighted by atomic mass is 9.85. The summed E-state index contributed by atoms with van der Waals surface area (Å²) in [6.45, 7) is 2.48. The van der Waals surface area contributed by atoms with E-state index in [1.807, 2.05) is 6.92 Å². The fourth-order valence-electron chi connectivity index (χ4n) is 1.74. The van der Waals surface area contributed by atoms with Gasteiger partial charge in [0.05, 0.1) is 6.61 Å². The van der Waals surface area contributed by atoms with Crippen molar-refractivity contribution in [2.24, 2.45) is 5.92 Å². The van der Waals surface area contributed by atoms with E-state index in [4.69, 9.17) is 4.74 Å². The summed E-state index contributed by atoms with van der Waals surface area (Å²) < 4.78 is 4.87. The first-order chi connectivity index (χ1) is 6.34. The smallest absolute Gasteiger partial charge is 0.120 e. The summed E-state index contributed by atoms with van der Waals surface area (Å²) in [6, 6.07) is 0. The van der Waals surface area contributed by atoms with Gasteiger partial charge in [0.25, 0.3) is 0 Å². The SMILES string of the molecule is CCOC#CC(O)C1CCCCC1. The van der Waals surface area contributed by atoms with Crippen molar-refractivity contribution in [2.75, 3.05) is 6.61 Å². The van der Waals surface area contributed by atoms with Gasteiger partial charge in [0.2, 0.25) is 0 Å². The molecule has 1 atom stereocenters. The Hall–Kier alpha value is -0.680. The van der Waals surface area contributed by atoms with Gasteiger partial charge in [0, 0.05) is 0 Å². The van der Waals surface area contributed by atoms with Crippen molar-refractivity contribution in [1.82, 2.24) is 0 Å². The molecule has 1 N–H and O–H groups in total. The summed E-state index contributed by atoms with van der Waals surface area (Å²) >= 11 is 0. The van der Waals surface area contributed by atoms with E-state index >= 15 is 0 Å². The van der Waals surface area contributed by atoms with E-state index in [2.05, 4.69) is 12.0 Å². The third-order valence-corrected chi connectivity index (χ3v) is 2.52. The highest BCUT2D eigenvalue weighted by molar-refractivity contribution is 5.01. The van der Waals surface area contributed by atoms with Crippen molar-refractivity contribution in [3.8, 4) is 12.0 Å². The van der Waals surface area contributed by atoms with E-state index in [0.29, 0.717) is 12.5 Å². The predicted octanol–water partition coefficient (Wildman–Crippen LogP) is 1.93. The first-order valence-corrected chi connectivity index (χ1v) is 5.15. The normalized spacial score (nSPS) is 20.2. The topological polar surface area (TPSA) is 29.5 Å². The molecule has 0 aromatic rings. The van der Waals surface area contributed by atoms with Crippen molar-refractivity contribution in [3.05, 3.63) is 0 Å². The lowest BCUT2D eigenvalue weighted by molar-refractivity contribution is 0.131. The van der Waals surface area contributed by atoms with E-state index in [1.54, 1.807) is 0 Å². The van der Waals surface area contributed by atoms with Gasteiger partial charge in [-0.3, -0.25) is 0 Å².